The van der Waals surface area contributed by atoms with Gasteiger partial charge in [-0.1, -0.05) is 12.1 Å². The van der Waals surface area contributed by atoms with Crippen LogP contribution in [0.15, 0.2) is 47.7 Å². The number of benzene rings is 1. The molecule has 4 rings (SSSR count). The number of fused-ring (bicyclic) bond motifs is 1. The number of nitrogens with zero attached hydrogens (tertiary/aromatic N) is 5. The summed E-state index contributed by atoms with van der Waals surface area (Å²) in [5.41, 5.74) is 2.71. The lowest BCUT2D eigenvalue weighted by Crippen LogP contribution is -2.32. The first-order valence-electron chi connectivity index (χ1n) is 8.28. The van der Waals surface area contributed by atoms with E-state index < -0.39 is 0 Å². The third-order valence-electron chi connectivity index (χ3n) is 4.64. The van der Waals surface area contributed by atoms with Gasteiger partial charge in [0.15, 0.2) is 5.82 Å². The minimum absolute atomic E-state index is 0.0176. The lowest BCUT2D eigenvalue weighted by atomic mass is 10.1. The normalized spacial score (nSPS) is 17.5. The maximum Gasteiger partial charge on any atom is 0.293 e. The highest BCUT2D eigenvalue weighted by Gasteiger charge is 2.28. The number of aromatic nitrogens is 4. The Morgan fingerprint density at radius 1 is 1.25 bits per heavy atom. The van der Waals surface area contributed by atoms with Gasteiger partial charge in [0.05, 0.1) is 16.7 Å². The van der Waals surface area contributed by atoms with Gasteiger partial charge in [0.25, 0.3) is 5.56 Å². The van der Waals surface area contributed by atoms with Crippen LogP contribution in [0.25, 0.3) is 11.0 Å². The maximum absolute atomic E-state index is 12.9. The molecule has 0 bridgehead atoms. The second kappa shape index (κ2) is 6.03. The molecular weight excluding hydrogens is 302 g/mol. The molecule has 1 fully saturated rings. The Bertz CT molecular complexity index is 922. The van der Waals surface area contributed by atoms with Gasteiger partial charge in [-0.2, -0.15) is 0 Å². The molecule has 3 aromatic rings. The molecule has 1 saturated heterocycles. The summed E-state index contributed by atoms with van der Waals surface area (Å²) in [6.07, 6.45) is 6.17. The predicted molar refractivity (Wildman–Crippen MR) is 93.3 cm³/mol. The molecule has 0 amide bonds. The average molecular weight is 321 g/mol. The Morgan fingerprint density at radius 3 is 2.92 bits per heavy atom. The van der Waals surface area contributed by atoms with E-state index in [4.69, 9.17) is 0 Å². The van der Waals surface area contributed by atoms with Crippen LogP contribution >= 0.6 is 0 Å². The highest BCUT2D eigenvalue weighted by molar-refractivity contribution is 5.76. The van der Waals surface area contributed by atoms with Crippen molar-refractivity contribution in [3.63, 3.8) is 0 Å². The molecule has 1 aliphatic rings. The summed E-state index contributed by atoms with van der Waals surface area (Å²) in [5, 5.41) is 0. The second-order valence-electron chi connectivity index (χ2n) is 6.04. The quantitative estimate of drug-likeness (QED) is 0.740. The SMILES string of the molecule is CCn1c(=O)c(N2CC[C@H](c3cnccn3)C2)nc2ccccc21. The second-order valence-corrected chi connectivity index (χ2v) is 6.04. The van der Waals surface area contributed by atoms with Gasteiger partial charge < -0.3 is 9.47 Å². The fraction of sp³-hybridized carbons (Fsp3) is 0.333. The molecule has 0 aliphatic carbocycles. The van der Waals surface area contributed by atoms with Gasteiger partial charge in [-0.05, 0) is 25.5 Å². The summed E-state index contributed by atoms with van der Waals surface area (Å²) in [6, 6.07) is 7.80. The Labute approximate surface area is 139 Å². The summed E-state index contributed by atoms with van der Waals surface area (Å²) in [6.45, 7) is 4.19. The van der Waals surface area contributed by atoms with Crippen molar-refractivity contribution in [1.29, 1.82) is 0 Å². The van der Waals surface area contributed by atoms with E-state index in [0.29, 0.717) is 18.3 Å². The van der Waals surface area contributed by atoms with Gasteiger partial charge in [-0.25, -0.2) is 4.98 Å². The number of anilines is 1. The molecule has 3 heterocycles. The smallest absolute Gasteiger partial charge is 0.293 e. The van der Waals surface area contributed by atoms with Crippen LogP contribution in [0.3, 0.4) is 0 Å². The number of aryl methyl sites for hydroxylation is 1. The van der Waals surface area contributed by atoms with Crippen molar-refractivity contribution in [2.75, 3.05) is 18.0 Å². The van der Waals surface area contributed by atoms with E-state index in [2.05, 4.69) is 19.9 Å². The van der Waals surface area contributed by atoms with Crippen LogP contribution in [0.5, 0.6) is 0 Å². The van der Waals surface area contributed by atoms with Gasteiger partial charge in [0, 0.05) is 44.1 Å². The van der Waals surface area contributed by atoms with Crippen molar-refractivity contribution >= 4 is 16.9 Å². The lowest BCUT2D eigenvalue weighted by molar-refractivity contribution is 0.729. The fourth-order valence-corrected chi connectivity index (χ4v) is 3.41. The van der Waals surface area contributed by atoms with E-state index in [9.17, 15) is 4.79 Å². The monoisotopic (exact) mass is 321 g/mol. The zero-order valence-electron chi connectivity index (χ0n) is 13.6. The van der Waals surface area contributed by atoms with Crippen LogP contribution in [0.1, 0.15) is 25.0 Å². The third kappa shape index (κ3) is 2.44. The minimum atomic E-state index is -0.0176. The molecule has 6 heteroatoms. The summed E-state index contributed by atoms with van der Waals surface area (Å²) in [5.74, 6) is 0.836. The van der Waals surface area contributed by atoms with E-state index in [-0.39, 0.29) is 5.56 Å². The summed E-state index contributed by atoms with van der Waals surface area (Å²) in [7, 11) is 0. The number of hydrogen-bond donors (Lipinski definition) is 0. The average Bonchev–Trinajstić information content (AvgIpc) is 3.12. The van der Waals surface area contributed by atoms with Crippen molar-refractivity contribution in [1.82, 2.24) is 19.5 Å². The molecule has 24 heavy (non-hydrogen) atoms. The summed E-state index contributed by atoms with van der Waals surface area (Å²) in [4.78, 5) is 28.2. The molecule has 0 saturated carbocycles. The summed E-state index contributed by atoms with van der Waals surface area (Å²) < 4.78 is 1.80. The zero-order valence-corrected chi connectivity index (χ0v) is 13.6. The lowest BCUT2D eigenvalue weighted by Gasteiger charge is -2.19. The van der Waals surface area contributed by atoms with Crippen LogP contribution in [0.4, 0.5) is 5.82 Å². The molecule has 122 valence electrons. The fourth-order valence-electron chi connectivity index (χ4n) is 3.41. The van der Waals surface area contributed by atoms with Gasteiger partial charge in [0.2, 0.25) is 0 Å². The molecule has 6 nitrogen and oxygen atoms in total. The first kappa shape index (κ1) is 14.8. The van der Waals surface area contributed by atoms with Crippen LogP contribution in [0, 0.1) is 0 Å². The van der Waals surface area contributed by atoms with Crippen molar-refractivity contribution in [2.24, 2.45) is 0 Å². The molecule has 1 atom stereocenters. The van der Waals surface area contributed by atoms with E-state index in [1.54, 1.807) is 17.0 Å². The molecule has 1 aliphatic heterocycles. The molecule has 0 unspecified atom stereocenters. The molecule has 2 aromatic heterocycles. The molecular formula is C18H19N5O. The number of hydrogen-bond acceptors (Lipinski definition) is 5. The Morgan fingerprint density at radius 2 is 2.12 bits per heavy atom. The van der Waals surface area contributed by atoms with Gasteiger partial charge >= 0.3 is 0 Å². The topological polar surface area (TPSA) is 63.9 Å². The van der Waals surface area contributed by atoms with Crippen LogP contribution in [0.2, 0.25) is 0 Å². The van der Waals surface area contributed by atoms with Gasteiger partial charge in [0.1, 0.15) is 0 Å². The molecule has 0 radical (unpaired) electrons. The predicted octanol–water partition coefficient (Wildman–Crippen LogP) is 2.20. The van der Waals surface area contributed by atoms with Crippen molar-refractivity contribution < 1.29 is 0 Å². The van der Waals surface area contributed by atoms with Crippen molar-refractivity contribution in [2.45, 2.75) is 25.8 Å². The van der Waals surface area contributed by atoms with Gasteiger partial charge in [-0.15, -0.1) is 0 Å². The number of para-hydroxylation sites is 2. The Balaban J connectivity index is 1.73. The van der Waals surface area contributed by atoms with Crippen LogP contribution in [-0.2, 0) is 6.54 Å². The maximum atomic E-state index is 12.9. The van der Waals surface area contributed by atoms with E-state index >= 15 is 0 Å². The van der Waals surface area contributed by atoms with Crippen LogP contribution in [-0.4, -0.2) is 32.6 Å². The molecule has 1 aromatic carbocycles. The Kier molecular flexibility index (Phi) is 3.72. The summed E-state index contributed by atoms with van der Waals surface area (Å²) >= 11 is 0. The third-order valence-corrected chi connectivity index (χ3v) is 4.64. The molecule has 0 N–H and O–H groups in total. The Hall–Kier alpha value is -2.76. The highest BCUT2D eigenvalue weighted by Crippen LogP contribution is 2.27. The van der Waals surface area contributed by atoms with E-state index in [1.165, 1.54) is 0 Å². The minimum Gasteiger partial charge on any atom is -0.351 e. The van der Waals surface area contributed by atoms with Crippen molar-refractivity contribution in [3.05, 3.63) is 58.9 Å². The first-order chi connectivity index (χ1) is 11.8. The molecule has 0 spiro atoms. The highest BCUT2D eigenvalue weighted by atomic mass is 16.1. The number of rotatable bonds is 3. The van der Waals surface area contributed by atoms with Gasteiger partial charge in [-0.3, -0.25) is 14.8 Å². The van der Waals surface area contributed by atoms with E-state index in [0.717, 1.165) is 36.2 Å². The van der Waals surface area contributed by atoms with Crippen LogP contribution < -0.4 is 10.5 Å². The first-order valence-corrected chi connectivity index (χ1v) is 8.28. The van der Waals surface area contributed by atoms with Crippen molar-refractivity contribution in [3.8, 4) is 0 Å². The largest absolute Gasteiger partial charge is 0.351 e. The standard InChI is InChI=1S/C18H19N5O/c1-2-23-16-6-4-3-5-14(16)21-17(18(23)24)22-10-7-13(12-22)15-11-19-8-9-20-15/h3-6,8-9,11,13H,2,7,10,12H2,1H3/t13-/m0/s1. The van der Waals surface area contributed by atoms with E-state index in [1.807, 2.05) is 37.4 Å². The zero-order chi connectivity index (χ0) is 16.5.